The SMILES string of the molecule is CC1CCc2ccccc2N1CCC(=O)N1CCC(CN)C1.Cl.Cl. The number of fused-ring (bicyclic) bond motifs is 1. The van der Waals surface area contributed by atoms with Crippen molar-refractivity contribution >= 4 is 36.4 Å². The van der Waals surface area contributed by atoms with Gasteiger partial charge in [0.05, 0.1) is 0 Å². The van der Waals surface area contributed by atoms with Gasteiger partial charge in [0.15, 0.2) is 0 Å². The molecule has 2 atom stereocenters. The Bertz CT molecular complexity index is 541. The van der Waals surface area contributed by atoms with Crippen molar-refractivity contribution in [3.63, 3.8) is 0 Å². The van der Waals surface area contributed by atoms with E-state index in [4.69, 9.17) is 5.73 Å². The minimum absolute atomic E-state index is 0. The van der Waals surface area contributed by atoms with E-state index in [2.05, 4.69) is 36.1 Å². The summed E-state index contributed by atoms with van der Waals surface area (Å²) in [6, 6.07) is 9.11. The van der Waals surface area contributed by atoms with E-state index < -0.39 is 0 Å². The van der Waals surface area contributed by atoms with E-state index in [0.717, 1.165) is 32.5 Å². The molecule has 4 nitrogen and oxygen atoms in total. The van der Waals surface area contributed by atoms with Crippen molar-refractivity contribution in [2.75, 3.05) is 31.1 Å². The Hall–Kier alpha value is -0.970. The molecule has 1 saturated heterocycles. The van der Waals surface area contributed by atoms with Crippen LogP contribution < -0.4 is 10.6 Å². The number of halogens is 2. The second-order valence-corrected chi connectivity index (χ2v) is 6.69. The molecule has 1 aromatic carbocycles. The highest BCUT2D eigenvalue weighted by Crippen LogP contribution is 2.30. The van der Waals surface area contributed by atoms with Crippen LogP contribution in [0.4, 0.5) is 5.69 Å². The number of hydrogen-bond acceptors (Lipinski definition) is 3. The Labute approximate surface area is 157 Å². The van der Waals surface area contributed by atoms with E-state index >= 15 is 0 Å². The van der Waals surface area contributed by atoms with Gasteiger partial charge in [-0.05, 0) is 50.3 Å². The second-order valence-electron chi connectivity index (χ2n) is 6.69. The summed E-state index contributed by atoms with van der Waals surface area (Å²) in [7, 11) is 0. The quantitative estimate of drug-likeness (QED) is 0.882. The Morgan fingerprint density at radius 3 is 2.71 bits per heavy atom. The first-order chi connectivity index (χ1) is 10.7. The molecule has 1 amide bonds. The summed E-state index contributed by atoms with van der Waals surface area (Å²) >= 11 is 0. The number of likely N-dealkylation sites (tertiary alicyclic amines) is 1. The standard InChI is InChI=1S/C18H27N3O.2ClH/c1-14-6-7-16-4-2-3-5-17(16)21(14)11-9-18(22)20-10-8-15(12-19)13-20;;/h2-5,14-15H,6-13,19H2,1H3;2*1H. The normalized spacial score (nSPS) is 22.4. The molecule has 24 heavy (non-hydrogen) atoms. The molecule has 136 valence electrons. The zero-order valence-electron chi connectivity index (χ0n) is 14.3. The number of hydrogen-bond donors (Lipinski definition) is 1. The van der Waals surface area contributed by atoms with Crippen LogP contribution in [0.25, 0.3) is 0 Å². The number of aryl methyl sites for hydroxylation is 1. The van der Waals surface area contributed by atoms with Crippen molar-refractivity contribution < 1.29 is 4.79 Å². The maximum atomic E-state index is 12.4. The lowest BCUT2D eigenvalue weighted by atomic mass is 9.96. The minimum Gasteiger partial charge on any atom is -0.368 e. The molecule has 2 heterocycles. The molecule has 0 bridgehead atoms. The number of benzene rings is 1. The smallest absolute Gasteiger partial charge is 0.224 e. The van der Waals surface area contributed by atoms with Gasteiger partial charge in [0.1, 0.15) is 0 Å². The van der Waals surface area contributed by atoms with Crippen molar-refractivity contribution in [3.8, 4) is 0 Å². The van der Waals surface area contributed by atoms with Crippen molar-refractivity contribution in [1.82, 2.24) is 4.90 Å². The topological polar surface area (TPSA) is 49.6 Å². The summed E-state index contributed by atoms with van der Waals surface area (Å²) in [6.45, 7) is 5.51. The molecule has 0 aliphatic carbocycles. The third-order valence-electron chi connectivity index (χ3n) is 5.20. The van der Waals surface area contributed by atoms with E-state index in [9.17, 15) is 4.79 Å². The fourth-order valence-electron chi connectivity index (χ4n) is 3.73. The molecular weight excluding hydrogens is 345 g/mol. The minimum atomic E-state index is 0. The number of anilines is 1. The van der Waals surface area contributed by atoms with Gasteiger partial charge in [-0.2, -0.15) is 0 Å². The summed E-state index contributed by atoms with van der Waals surface area (Å²) in [5.74, 6) is 0.782. The molecule has 2 unspecified atom stereocenters. The molecule has 1 aromatic rings. The van der Waals surface area contributed by atoms with Gasteiger partial charge in [-0.15, -0.1) is 24.8 Å². The lowest BCUT2D eigenvalue weighted by molar-refractivity contribution is -0.130. The Morgan fingerprint density at radius 1 is 1.25 bits per heavy atom. The first-order valence-electron chi connectivity index (χ1n) is 8.51. The number of para-hydroxylation sites is 1. The fraction of sp³-hybridized carbons (Fsp3) is 0.611. The van der Waals surface area contributed by atoms with Crippen LogP contribution in [-0.2, 0) is 11.2 Å². The van der Waals surface area contributed by atoms with E-state index in [-0.39, 0.29) is 30.7 Å². The average Bonchev–Trinajstić information content (AvgIpc) is 3.03. The Balaban J connectivity index is 0.00000144. The molecule has 0 aromatic heterocycles. The number of amides is 1. The molecule has 2 N–H and O–H groups in total. The molecular formula is C18H29Cl2N3O. The van der Waals surface area contributed by atoms with Crippen LogP contribution in [0.1, 0.15) is 31.7 Å². The van der Waals surface area contributed by atoms with Gasteiger partial charge in [0.25, 0.3) is 0 Å². The average molecular weight is 374 g/mol. The van der Waals surface area contributed by atoms with Gasteiger partial charge in [-0.3, -0.25) is 4.79 Å². The highest BCUT2D eigenvalue weighted by Gasteiger charge is 2.27. The molecule has 2 aliphatic heterocycles. The largest absolute Gasteiger partial charge is 0.368 e. The molecule has 1 fully saturated rings. The lowest BCUT2D eigenvalue weighted by Gasteiger charge is -2.37. The van der Waals surface area contributed by atoms with Crippen molar-refractivity contribution in [1.29, 1.82) is 0 Å². The van der Waals surface area contributed by atoms with Crippen LogP contribution in [0.15, 0.2) is 24.3 Å². The maximum Gasteiger partial charge on any atom is 0.224 e. The number of nitrogens with zero attached hydrogens (tertiary/aromatic N) is 2. The van der Waals surface area contributed by atoms with Gasteiger partial charge in [0.2, 0.25) is 5.91 Å². The first-order valence-corrected chi connectivity index (χ1v) is 8.51. The zero-order valence-corrected chi connectivity index (χ0v) is 16.0. The van der Waals surface area contributed by atoms with Gasteiger partial charge in [-0.1, -0.05) is 18.2 Å². The number of rotatable bonds is 4. The van der Waals surface area contributed by atoms with Crippen molar-refractivity contribution in [2.24, 2.45) is 11.7 Å². The molecule has 2 aliphatic rings. The molecule has 3 rings (SSSR count). The van der Waals surface area contributed by atoms with E-state index in [1.54, 1.807) is 0 Å². The zero-order chi connectivity index (χ0) is 15.5. The lowest BCUT2D eigenvalue weighted by Crippen LogP contribution is -2.40. The summed E-state index contributed by atoms with van der Waals surface area (Å²) in [4.78, 5) is 16.8. The van der Waals surface area contributed by atoms with Crippen LogP contribution in [0.5, 0.6) is 0 Å². The molecule has 0 radical (unpaired) electrons. The number of nitrogens with two attached hydrogens (primary N) is 1. The van der Waals surface area contributed by atoms with Gasteiger partial charge in [0, 0.05) is 37.8 Å². The van der Waals surface area contributed by atoms with Crippen LogP contribution >= 0.6 is 24.8 Å². The van der Waals surface area contributed by atoms with Crippen LogP contribution in [-0.4, -0.2) is 43.0 Å². The third kappa shape index (κ3) is 4.56. The van der Waals surface area contributed by atoms with E-state index in [0.29, 0.717) is 24.9 Å². The van der Waals surface area contributed by atoms with E-state index in [1.165, 1.54) is 17.7 Å². The predicted molar refractivity (Wildman–Crippen MR) is 104 cm³/mol. The summed E-state index contributed by atoms with van der Waals surface area (Å²) in [5.41, 5.74) is 8.44. The first kappa shape index (κ1) is 21.1. The summed E-state index contributed by atoms with van der Waals surface area (Å²) in [5, 5.41) is 0. The predicted octanol–water partition coefficient (Wildman–Crippen LogP) is 2.87. The van der Waals surface area contributed by atoms with Gasteiger partial charge in [-0.25, -0.2) is 0 Å². The highest BCUT2D eigenvalue weighted by atomic mass is 35.5. The molecule has 0 saturated carbocycles. The third-order valence-corrected chi connectivity index (χ3v) is 5.20. The van der Waals surface area contributed by atoms with Crippen molar-refractivity contribution in [3.05, 3.63) is 29.8 Å². The molecule has 6 heteroatoms. The summed E-state index contributed by atoms with van der Waals surface area (Å²) in [6.07, 6.45) is 3.98. The fourth-order valence-corrected chi connectivity index (χ4v) is 3.73. The van der Waals surface area contributed by atoms with Crippen LogP contribution in [0.2, 0.25) is 0 Å². The maximum absolute atomic E-state index is 12.4. The Morgan fingerprint density at radius 2 is 2.00 bits per heavy atom. The highest BCUT2D eigenvalue weighted by molar-refractivity contribution is 5.85. The monoisotopic (exact) mass is 373 g/mol. The Kier molecular flexibility index (Phi) is 8.34. The van der Waals surface area contributed by atoms with Gasteiger partial charge >= 0.3 is 0 Å². The molecule has 0 spiro atoms. The van der Waals surface area contributed by atoms with E-state index in [1.807, 2.05) is 4.90 Å². The number of carbonyl (C=O) groups excluding carboxylic acids is 1. The van der Waals surface area contributed by atoms with Crippen LogP contribution in [0, 0.1) is 5.92 Å². The summed E-state index contributed by atoms with van der Waals surface area (Å²) < 4.78 is 0. The van der Waals surface area contributed by atoms with Crippen molar-refractivity contribution in [2.45, 2.75) is 38.6 Å². The second kappa shape index (κ2) is 9.50. The number of carbonyl (C=O) groups is 1. The van der Waals surface area contributed by atoms with Crippen LogP contribution in [0.3, 0.4) is 0 Å². The van der Waals surface area contributed by atoms with Gasteiger partial charge < -0.3 is 15.5 Å².